The van der Waals surface area contributed by atoms with Crippen molar-refractivity contribution < 1.29 is 0 Å². The van der Waals surface area contributed by atoms with Crippen molar-refractivity contribution in [3.05, 3.63) is 0 Å². The molecule has 68 valence electrons. The van der Waals surface area contributed by atoms with E-state index in [2.05, 4.69) is 41.5 Å². The second-order valence-corrected chi connectivity index (χ2v) is 4.77. The van der Waals surface area contributed by atoms with Gasteiger partial charge in [0.25, 0.3) is 0 Å². The normalized spacial score (nSPS) is 15.5. The van der Waals surface area contributed by atoms with Crippen LogP contribution in [-0.4, -0.2) is 0 Å². The Morgan fingerprint density at radius 2 is 1.55 bits per heavy atom. The van der Waals surface area contributed by atoms with E-state index >= 15 is 0 Å². The summed E-state index contributed by atoms with van der Waals surface area (Å²) in [5.41, 5.74) is 0.531. The van der Waals surface area contributed by atoms with Gasteiger partial charge in [-0.15, -0.1) is 0 Å². The van der Waals surface area contributed by atoms with Crippen LogP contribution in [0.5, 0.6) is 0 Å². The Balaban J connectivity index is 4.05. The molecule has 1 unspecified atom stereocenters. The van der Waals surface area contributed by atoms with Crippen LogP contribution in [0.15, 0.2) is 0 Å². The van der Waals surface area contributed by atoms with Crippen molar-refractivity contribution in [2.75, 3.05) is 0 Å². The zero-order valence-corrected chi connectivity index (χ0v) is 9.07. The lowest BCUT2D eigenvalue weighted by molar-refractivity contribution is 0.160. The molecular weight excluding hydrogens is 132 g/mol. The van der Waals surface area contributed by atoms with Crippen molar-refractivity contribution >= 4 is 0 Å². The molecule has 1 atom stereocenters. The third-order valence-electron chi connectivity index (χ3n) is 3.13. The molecule has 0 aromatic rings. The lowest BCUT2D eigenvalue weighted by atomic mass is 9.71. The molecule has 0 rings (SSSR count). The molecule has 0 aliphatic carbocycles. The van der Waals surface area contributed by atoms with Crippen LogP contribution in [0.2, 0.25) is 0 Å². The predicted octanol–water partition coefficient (Wildman–Crippen LogP) is 4.10. The van der Waals surface area contributed by atoms with E-state index in [0.717, 1.165) is 11.8 Å². The minimum absolute atomic E-state index is 0.531. The third kappa shape index (κ3) is 3.27. The first-order valence-electron chi connectivity index (χ1n) is 4.91. The highest BCUT2D eigenvalue weighted by Crippen LogP contribution is 2.36. The Morgan fingerprint density at radius 3 is 1.82 bits per heavy atom. The first kappa shape index (κ1) is 11.0. The third-order valence-corrected chi connectivity index (χ3v) is 3.13. The van der Waals surface area contributed by atoms with Gasteiger partial charge in [-0.25, -0.2) is 0 Å². The minimum Gasteiger partial charge on any atom is -0.0654 e. The van der Waals surface area contributed by atoms with Crippen LogP contribution in [-0.2, 0) is 0 Å². The van der Waals surface area contributed by atoms with Gasteiger partial charge in [-0.1, -0.05) is 48.0 Å². The Hall–Kier alpha value is 0. The second-order valence-electron chi connectivity index (χ2n) is 4.77. The number of rotatable bonds is 4. The molecule has 0 amide bonds. The molecule has 0 saturated carbocycles. The van der Waals surface area contributed by atoms with Crippen molar-refractivity contribution in [3.8, 4) is 0 Å². The van der Waals surface area contributed by atoms with E-state index < -0.39 is 0 Å². The smallest absolute Gasteiger partial charge is 0.0326 e. The largest absolute Gasteiger partial charge is 0.0654 e. The molecule has 0 aromatic heterocycles. The van der Waals surface area contributed by atoms with Gasteiger partial charge in [-0.05, 0) is 23.7 Å². The van der Waals surface area contributed by atoms with Crippen LogP contribution in [0.4, 0.5) is 0 Å². The zero-order valence-electron chi connectivity index (χ0n) is 9.07. The predicted molar refractivity (Wildman–Crippen MR) is 52.7 cm³/mol. The summed E-state index contributed by atoms with van der Waals surface area (Å²) >= 11 is 0. The average molecular weight is 156 g/mol. The summed E-state index contributed by atoms with van der Waals surface area (Å²) in [4.78, 5) is 0. The Labute approximate surface area is 72.4 Å². The summed E-state index contributed by atoms with van der Waals surface area (Å²) in [5.74, 6) is 1.65. The molecule has 0 bridgehead atoms. The summed E-state index contributed by atoms with van der Waals surface area (Å²) in [6, 6.07) is 0. The molecular formula is C11H24. The summed E-state index contributed by atoms with van der Waals surface area (Å²) in [7, 11) is 0. The summed E-state index contributed by atoms with van der Waals surface area (Å²) in [6.07, 6.45) is 2.66. The van der Waals surface area contributed by atoms with Crippen molar-refractivity contribution in [2.24, 2.45) is 17.3 Å². The van der Waals surface area contributed by atoms with Crippen LogP contribution in [0.1, 0.15) is 54.4 Å². The molecule has 0 spiro atoms. The lowest BCUT2D eigenvalue weighted by Gasteiger charge is -2.34. The first-order valence-corrected chi connectivity index (χ1v) is 4.91. The first-order chi connectivity index (χ1) is 4.91. The maximum Gasteiger partial charge on any atom is -0.0326 e. The van der Waals surface area contributed by atoms with Crippen LogP contribution in [0, 0.1) is 17.3 Å². The van der Waals surface area contributed by atoms with E-state index in [1.54, 1.807) is 0 Å². The topological polar surface area (TPSA) is 0 Å². The molecule has 0 aliphatic rings. The Bertz CT molecular complexity index is 101. The monoisotopic (exact) mass is 156 g/mol. The van der Waals surface area contributed by atoms with Crippen LogP contribution in [0.3, 0.4) is 0 Å². The van der Waals surface area contributed by atoms with E-state index in [1.165, 1.54) is 12.8 Å². The zero-order chi connectivity index (χ0) is 9.07. The van der Waals surface area contributed by atoms with Crippen molar-refractivity contribution in [3.63, 3.8) is 0 Å². The van der Waals surface area contributed by atoms with Gasteiger partial charge in [0.1, 0.15) is 0 Å². The van der Waals surface area contributed by atoms with E-state index in [4.69, 9.17) is 0 Å². The fourth-order valence-electron chi connectivity index (χ4n) is 1.77. The maximum atomic E-state index is 2.39. The lowest BCUT2D eigenvalue weighted by Crippen LogP contribution is -2.25. The molecule has 0 heterocycles. The Kier molecular flexibility index (Phi) is 4.13. The van der Waals surface area contributed by atoms with Crippen molar-refractivity contribution in [1.82, 2.24) is 0 Å². The van der Waals surface area contributed by atoms with Crippen LogP contribution >= 0.6 is 0 Å². The molecule has 11 heavy (non-hydrogen) atoms. The minimum atomic E-state index is 0.531. The number of hydrogen-bond donors (Lipinski definition) is 0. The van der Waals surface area contributed by atoms with Gasteiger partial charge in [0.15, 0.2) is 0 Å². The van der Waals surface area contributed by atoms with E-state index in [9.17, 15) is 0 Å². The number of hydrogen-bond acceptors (Lipinski definition) is 0. The summed E-state index contributed by atoms with van der Waals surface area (Å²) < 4.78 is 0. The van der Waals surface area contributed by atoms with Gasteiger partial charge in [0.05, 0.1) is 0 Å². The molecule has 0 N–H and O–H groups in total. The van der Waals surface area contributed by atoms with Crippen molar-refractivity contribution in [2.45, 2.75) is 54.4 Å². The van der Waals surface area contributed by atoms with Crippen LogP contribution < -0.4 is 0 Å². The highest BCUT2D eigenvalue weighted by molar-refractivity contribution is 4.76. The van der Waals surface area contributed by atoms with E-state index in [1.807, 2.05) is 0 Å². The van der Waals surface area contributed by atoms with Gasteiger partial charge in [-0.2, -0.15) is 0 Å². The van der Waals surface area contributed by atoms with Gasteiger partial charge in [-0.3, -0.25) is 0 Å². The Morgan fingerprint density at radius 1 is 1.09 bits per heavy atom. The maximum absolute atomic E-state index is 2.39. The second kappa shape index (κ2) is 4.13. The fraction of sp³-hybridized carbons (Fsp3) is 1.00. The van der Waals surface area contributed by atoms with E-state index in [0.29, 0.717) is 5.41 Å². The fourth-order valence-corrected chi connectivity index (χ4v) is 1.77. The van der Waals surface area contributed by atoms with Gasteiger partial charge < -0.3 is 0 Å². The standard InChI is InChI=1S/C11H24/c1-7-8-11(5,6)10(4)9(2)3/h9-10H,7-8H2,1-6H3. The summed E-state index contributed by atoms with van der Waals surface area (Å²) in [5, 5.41) is 0. The molecule has 0 fully saturated rings. The van der Waals surface area contributed by atoms with Gasteiger partial charge in [0, 0.05) is 0 Å². The van der Waals surface area contributed by atoms with Gasteiger partial charge in [0.2, 0.25) is 0 Å². The molecule has 0 heteroatoms. The van der Waals surface area contributed by atoms with Gasteiger partial charge >= 0.3 is 0 Å². The molecule has 0 radical (unpaired) electrons. The SMILES string of the molecule is CCCC(C)(C)C(C)C(C)C. The molecule has 0 saturated heterocycles. The van der Waals surface area contributed by atoms with Crippen LogP contribution in [0.25, 0.3) is 0 Å². The molecule has 0 aromatic carbocycles. The highest BCUT2D eigenvalue weighted by Gasteiger charge is 2.26. The quantitative estimate of drug-likeness (QED) is 0.574. The van der Waals surface area contributed by atoms with E-state index in [-0.39, 0.29) is 0 Å². The average Bonchev–Trinajstić information content (AvgIpc) is 1.86. The highest BCUT2D eigenvalue weighted by atomic mass is 14.3. The summed E-state index contributed by atoms with van der Waals surface area (Å²) in [6.45, 7) is 14.1. The molecule has 0 nitrogen and oxygen atoms in total. The van der Waals surface area contributed by atoms with Crippen molar-refractivity contribution in [1.29, 1.82) is 0 Å². The molecule has 0 aliphatic heterocycles.